The Kier molecular flexibility index (Phi) is 3.85. The van der Waals surface area contributed by atoms with E-state index in [0.29, 0.717) is 23.9 Å². The van der Waals surface area contributed by atoms with Crippen LogP contribution in [0.25, 0.3) is 21.9 Å². The van der Waals surface area contributed by atoms with Gasteiger partial charge < -0.3 is 15.3 Å². The molecule has 4 aromatic rings. The van der Waals surface area contributed by atoms with E-state index in [1.165, 1.54) is 12.3 Å². The summed E-state index contributed by atoms with van der Waals surface area (Å²) in [7, 11) is 0. The van der Waals surface area contributed by atoms with Crippen LogP contribution in [0.1, 0.15) is 16.2 Å². The number of nitro groups is 1. The highest BCUT2D eigenvalue weighted by molar-refractivity contribution is 6.10. The number of carbonyl (C=O) groups excluding carboxylic acids is 1. The van der Waals surface area contributed by atoms with Gasteiger partial charge >= 0.3 is 0 Å². The maximum absolute atomic E-state index is 12.5. The number of non-ortho nitro benzene ring substituents is 1. The Morgan fingerprint density at radius 2 is 1.96 bits per heavy atom. The first-order valence-corrected chi connectivity index (χ1v) is 8.10. The lowest BCUT2D eigenvalue weighted by Crippen LogP contribution is -2.25. The topological polar surface area (TPSA) is 117 Å². The minimum absolute atomic E-state index is 0.0915. The molecule has 0 radical (unpaired) electrons. The molecule has 8 nitrogen and oxygen atoms in total. The third-order valence-electron chi connectivity index (χ3n) is 4.21. The van der Waals surface area contributed by atoms with Crippen LogP contribution < -0.4 is 5.32 Å². The van der Waals surface area contributed by atoms with Gasteiger partial charge in [0.1, 0.15) is 5.82 Å². The molecule has 3 N–H and O–H groups in total. The molecule has 8 heteroatoms. The Morgan fingerprint density at radius 1 is 1.15 bits per heavy atom. The highest BCUT2D eigenvalue weighted by atomic mass is 16.6. The van der Waals surface area contributed by atoms with Gasteiger partial charge in [-0.05, 0) is 18.2 Å². The number of benzene rings is 2. The number of hydrogen-bond acceptors (Lipinski definition) is 4. The van der Waals surface area contributed by atoms with Crippen molar-refractivity contribution in [3.05, 3.63) is 70.2 Å². The molecule has 1 amide bonds. The molecule has 0 saturated carbocycles. The third kappa shape index (κ3) is 2.77. The molecule has 4 rings (SSSR count). The largest absolute Gasteiger partial charge is 0.360 e. The number of fused-ring (bicyclic) bond motifs is 2. The number of nitrogens with zero attached hydrogens (tertiary/aromatic N) is 2. The maximum Gasteiger partial charge on any atom is 0.279 e. The smallest absolute Gasteiger partial charge is 0.279 e. The Labute approximate surface area is 147 Å². The number of nitrogens with one attached hydrogen (secondary N) is 3. The SMILES string of the molecule is O=C(NCCc1nc2ccccc2[nH]1)c1c[nH]c2cccc([N+](=O)[O-])c12. The molecule has 130 valence electrons. The first kappa shape index (κ1) is 15.8. The van der Waals surface area contributed by atoms with Crippen molar-refractivity contribution in [2.45, 2.75) is 6.42 Å². The number of aromatic nitrogens is 3. The molecular formula is C18H15N5O3. The van der Waals surface area contributed by atoms with E-state index >= 15 is 0 Å². The van der Waals surface area contributed by atoms with Crippen molar-refractivity contribution in [1.82, 2.24) is 20.3 Å². The van der Waals surface area contributed by atoms with Gasteiger partial charge in [-0.3, -0.25) is 14.9 Å². The maximum atomic E-state index is 12.5. The van der Waals surface area contributed by atoms with E-state index in [1.807, 2.05) is 24.3 Å². The molecule has 0 spiro atoms. The number of amides is 1. The van der Waals surface area contributed by atoms with Crippen LogP contribution >= 0.6 is 0 Å². The van der Waals surface area contributed by atoms with Crippen LogP contribution in [0.3, 0.4) is 0 Å². The summed E-state index contributed by atoms with van der Waals surface area (Å²) >= 11 is 0. The molecule has 0 bridgehead atoms. The lowest BCUT2D eigenvalue weighted by atomic mass is 10.1. The van der Waals surface area contributed by atoms with E-state index in [1.54, 1.807) is 12.1 Å². The molecule has 2 aromatic carbocycles. The monoisotopic (exact) mass is 349 g/mol. The molecule has 0 atom stereocenters. The van der Waals surface area contributed by atoms with E-state index in [4.69, 9.17) is 0 Å². The van der Waals surface area contributed by atoms with Gasteiger partial charge in [0.25, 0.3) is 11.6 Å². The minimum atomic E-state index is -0.485. The minimum Gasteiger partial charge on any atom is -0.360 e. The van der Waals surface area contributed by atoms with Gasteiger partial charge in [0.2, 0.25) is 0 Å². The molecule has 0 aliphatic heterocycles. The second-order valence-electron chi connectivity index (χ2n) is 5.87. The van der Waals surface area contributed by atoms with Crippen LogP contribution in [0.15, 0.2) is 48.7 Å². The lowest BCUT2D eigenvalue weighted by Gasteiger charge is -2.03. The summed E-state index contributed by atoms with van der Waals surface area (Å²) in [6, 6.07) is 12.4. The zero-order valence-corrected chi connectivity index (χ0v) is 13.7. The first-order chi connectivity index (χ1) is 12.6. The van der Waals surface area contributed by atoms with Gasteiger partial charge in [-0.2, -0.15) is 0 Å². The van der Waals surface area contributed by atoms with Gasteiger partial charge in [0.05, 0.1) is 32.4 Å². The van der Waals surface area contributed by atoms with Crippen LogP contribution in [0.2, 0.25) is 0 Å². The zero-order chi connectivity index (χ0) is 18.1. The first-order valence-electron chi connectivity index (χ1n) is 8.10. The Balaban J connectivity index is 1.50. The summed E-state index contributed by atoms with van der Waals surface area (Å²) in [6.45, 7) is 0.367. The molecule has 26 heavy (non-hydrogen) atoms. The molecule has 0 aliphatic rings. The van der Waals surface area contributed by atoms with Crippen LogP contribution in [-0.4, -0.2) is 32.3 Å². The van der Waals surface area contributed by atoms with Crippen molar-refractivity contribution in [3.63, 3.8) is 0 Å². The molecule has 2 aromatic heterocycles. The zero-order valence-electron chi connectivity index (χ0n) is 13.7. The molecule has 0 unspecified atom stereocenters. The van der Waals surface area contributed by atoms with Gasteiger partial charge in [-0.1, -0.05) is 18.2 Å². The quantitative estimate of drug-likeness (QED) is 0.379. The Hall–Kier alpha value is -3.68. The Morgan fingerprint density at radius 3 is 2.77 bits per heavy atom. The van der Waals surface area contributed by atoms with E-state index in [-0.39, 0.29) is 17.2 Å². The summed E-state index contributed by atoms with van der Waals surface area (Å²) in [5.41, 5.74) is 2.55. The fraction of sp³-hybridized carbons (Fsp3) is 0.111. The van der Waals surface area contributed by atoms with Crippen molar-refractivity contribution < 1.29 is 9.72 Å². The normalized spacial score (nSPS) is 11.1. The predicted octanol–water partition coefficient (Wildman–Crippen LogP) is 2.92. The van der Waals surface area contributed by atoms with Gasteiger partial charge in [-0.25, -0.2) is 4.98 Å². The van der Waals surface area contributed by atoms with E-state index in [0.717, 1.165) is 16.9 Å². The number of rotatable bonds is 5. The average Bonchev–Trinajstić information content (AvgIpc) is 3.24. The van der Waals surface area contributed by atoms with Crippen LogP contribution in [-0.2, 0) is 6.42 Å². The summed E-state index contributed by atoms with van der Waals surface area (Å²) in [5.74, 6) is 0.415. The van der Waals surface area contributed by atoms with E-state index < -0.39 is 4.92 Å². The van der Waals surface area contributed by atoms with Crippen molar-refractivity contribution in [2.24, 2.45) is 0 Å². The van der Waals surface area contributed by atoms with Gasteiger partial charge in [0.15, 0.2) is 0 Å². The molecular weight excluding hydrogens is 334 g/mol. The fourth-order valence-electron chi connectivity index (χ4n) is 3.01. The third-order valence-corrected chi connectivity index (χ3v) is 4.21. The second-order valence-corrected chi connectivity index (χ2v) is 5.87. The highest BCUT2D eigenvalue weighted by Crippen LogP contribution is 2.28. The molecule has 0 saturated heterocycles. The Bertz CT molecular complexity index is 1100. The van der Waals surface area contributed by atoms with Crippen LogP contribution in [0.4, 0.5) is 5.69 Å². The van der Waals surface area contributed by atoms with Gasteiger partial charge in [-0.15, -0.1) is 0 Å². The van der Waals surface area contributed by atoms with Crippen LogP contribution in [0, 0.1) is 10.1 Å². The van der Waals surface area contributed by atoms with Crippen molar-refractivity contribution in [1.29, 1.82) is 0 Å². The number of nitro benzene ring substituents is 1. The lowest BCUT2D eigenvalue weighted by molar-refractivity contribution is -0.383. The number of para-hydroxylation sites is 2. The number of carbonyl (C=O) groups is 1. The molecule has 2 heterocycles. The summed E-state index contributed by atoms with van der Waals surface area (Å²) in [5, 5.41) is 14.3. The standard InChI is InChI=1S/C18H15N5O3/c24-18(11-10-20-14-6-3-7-15(17(11)14)23(25)26)19-9-8-16-21-12-4-1-2-5-13(12)22-16/h1-7,10,20H,8-9H2,(H,19,24)(H,21,22). The van der Waals surface area contributed by atoms with Crippen molar-refractivity contribution >= 4 is 33.5 Å². The second kappa shape index (κ2) is 6.32. The number of hydrogen-bond donors (Lipinski definition) is 3. The number of imidazole rings is 1. The fourth-order valence-corrected chi connectivity index (χ4v) is 3.01. The van der Waals surface area contributed by atoms with Crippen molar-refractivity contribution in [2.75, 3.05) is 6.54 Å². The summed E-state index contributed by atoms with van der Waals surface area (Å²) < 4.78 is 0. The number of aromatic amines is 2. The van der Waals surface area contributed by atoms with E-state index in [2.05, 4.69) is 20.3 Å². The summed E-state index contributed by atoms with van der Waals surface area (Å²) in [4.78, 5) is 33.8. The molecule has 0 aliphatic carbocycles. The summed E-state index contributed by atoms with van der Waals surface area (Å²) in [6.07, 6.45) is 2.03. The number of H-pyrrole nitrogens is 2. The highest BCUT2D eigenvalue weighted by Gasteiger charge is 2.20. The average molecular weight is 349 g/mol. The van der Waals surface area contributed by atoms with Gasteiger partial charge in [0, 0.05) is 25.2 Å². The predicted molar refractivity (Wildman–Crippen MR) is 97.1 cm³/mol. The van der Waals surface area contributed by atoms with Crippen LogP contribution in [0.5, 0.6) is 0 Å². The molecule has 0 fully saturated rings. The van der Waals surface area contributed by atoms with Crippen molar-refractivity contribution in [3.8, 4) is 0 Å². The van der Waals surface area contributed by atoms with E-state index in [9.17, 15) is 14.9 Å².